The molecule has 0 fully saturated rings. The van der Waals surface area contributed by atoms with Crippen LogP contribution in [0.25, 0.3) is 16.7 Å². The van der Waals surface area contributed by atoms with E-state index < -0.39 is 5.97 Å². The molecule has 0 bridgehead atoms. The Morgan fingerprint density at radius 3 is 2.48 bits per heavy atom. The maximum absolute atomic E-state index is 11.4. The zero-order valence-electron chi connectivity index (χ0n) is 11.7. The van der Waals surface area contributed by atoms with Crippen molar-refractivity contribution in [1.29, 1.82) is 0 Å². The highest BCUT2D eigenvalue weighted by Crippen LogP contribution is 2.22. The number of fused-ring (bicyclic) bond motifs is 1. The monoisotopic (exact) mass is 282 g/mol. The molecule has 0 aliphatic heterocycles. The zero-order chi connectivity index (χ0) is 15.0. The molecule has 0 atom stereocenters. The number of carboxylic acids is 1. The normalized spacial score (nSPS) is 10.8. The smallest absolute Gasteiger partial charge is 0.337 e. The van der Waals surface area contributed by atoms with Gasteiger partial charge in [0, 0.05) is 19.8 Å². The maximum Gasteiger partial charge on any atom is 0.337 e. The average Bonchev–Trinajstić information content (AvgIpc) is 2.91. The van der Waals surface area contributed by atoms with Crippen LogP contribution in [0, 0.1) is 0 Å². The van der Waals surface area contributed by atoms with Gasteiger partial charge in [0.05, 0.1) is 11.3 Å². The number of carbonyl (C=O) groups is 1. The van der Waals surface area contributed by atoms with E-state index in [0.717, 1.165) is 11.4 Å². The highest BCUT2D eigenvalue weighted by atomic mass is 16.4. The van der Waals surface area contributed by atoms with E-state index >= 15 is 0 Å². The van der Waals surface area contributed by atoms with Gasteiger partial charge in [0.15, 0.2) is 0 Å². The molecular weight excluding hydrogens is 268 g/mol. The van der Waals surface area contributed by atoms with Gasteiger partial charge < -0.3 is 10.0 Å². The van der Waals surface area contributed by atoms with Gasteiger partial charge in [-0.25, -0.2) is 9.48 Å². The molecule has 0 saturated heterocycles. The minimum absolute atomic E-state index is 0.189. The molecule has 0 aliphatic rings. The molecule has 6 heteroatoms. The Balaban J connectivity index is 2.18. The number of hydrogen-bond donors (Lipinski definition) is 1. The third-order valence-corrected chi connectivity index (χ3v) is 3.31. The summed E-state index contributed by atoms with van der Waals surface area (Å²) in [7, 11) is 3.92. The molecule has 0 saturated carbocycles. The van der Waals surface area contributed by atoms with E-state index in [1.165, 1.54) is 0 Å². The first kappa shape index (κ1) is 13.1. The van der Waals surface area contributed by atoms with Crippen molar-refractivity contribution in [1.82, 2.24) is 15.0 Å². The summed E-state index contributed by atoms with van der Waals surface area (Å²) in [6.45, 7) is 0. The van der Waals surface area contributed by atoms with Crippen molar-refractivity contribution in [2.45, 2.75) is 0 Å². The van der Waals surface area contributed by atoms with Crippen LogP contribution >= 0.6 is 0 Å². The van der Waals surface area contributed by atoms with Gasteiger partial charge in [-0.05, 0) is 36.4 Å². The molecule has 0 unspecified atom stereocenters. The summed E-state index contributed by atoms with van der Waals surface area (Å²) in [5, 5.41) is 17.4. The minimum atomic E-state index is -0.992. The standard InChI is InChI=1S/C15H14N4O2/c1-18(2)10-6-8-11(9-7-10)19-14-12(15(20)21)4-3-5-13(14)16-17-19/h3-9H,1-2H3,(H,20,21). The fourth-order valence-corrected chi connectivity index (χ4v) is 2.22. The molecule has 0 spiro atoms. The summed E-state index contributed by atoms with van der Waals surface area (Å²) in [4.78, 5) is 13.4. The number of anilines is 1. The third-order valence-electron chi connectivity index (χ3n) is 3.31. The molecule has 2 aromatic carbocycles. The van der Waals surface area contributed by atoms with Crippen LogP contribution in [0.5, 0.6) is 0 Å². The number of benzene rings is 2. The van der Waals surface area contributed by atoms with Gasteiger partial charge in [0.2, 0.25) is 0 Å². The van der Waals surface area contributed by atoms with Gasteiger partial charge in [-0.3, -0.25) is 0 Å². The summed E-state index contributed by atoms with van der Waals surface area (Å²) in [6, 6.07) is 12.7. The van der Waals surface area contributed by atoms with Crippen LogP contribution in [0.4, 0.5) is 5.69 Å². The Morgan fingerprint density at radius 2 is 1.86 bits per heavy atom. The molecule has 0 radical (unpaired) electrons. The van der Waals surface area contributed by atoms with Crippen molar-refractivity contribution in [2.24, 2.45) is 0 Å². The first-order valence-electron chi connectivity index (χ1n) is 6.43. The van der Waals surface area contributed by atoms with Crippen molar-refractivity contribution in [3.8, 4) is 5.69 Å². The second-order valence-corrected chi connectivity index (χ2v) is 4.89. The largest absolute Gasteiger partial charge is 0.478 e. The predicted octanol–water partition coefficient (Wildman–Crippen LogP) is 2.18. The van der Waals surface area contributed by atoms with Crippen LogP contribution in [0.2, 0.25) is 0 Å². The van der Waals surface area contributed by atoms with Crippen LogP contribution in [0.3, 0.4) is 0 Å². The number of rotatable bonds is 3. The molecule has 3 rings (SSSR count). The van der Waals surface area contributed by atoms with E-state index in [4.69, 9.17) is 0 Å². The molecule has 21 heavy (non-hydrogen) atoms. The van der Waals surface area contributed by atoms with Gasteiger partial charge in [0.1, 0.15) is 11.0 Å². The lowest BCUT2D eigenvalue weighted by Gasteiger charge is -2.12. The lowest BCUT2D eigenvalue weighted by Crippen LogP contribution is -2.08. The topological polar surface area (TPSA) is 71.2 Å². The summed E-state index contributed by atoms with van der Waals surface area (Å²) < 4.78 is 1.55. The maximum atomic E-state index is 11.4. The molecule has 1 aromatic heterocycles. The number of carboxylic acid groups (broad SMARTS) is 1. The summed E-state index contributed by atoms with van der Waals surface area (Å²) in [6.07, 6.45) is 0. The number of nitrogens with zero attached hydrogens (tertiary/aromatic N) is 4. The van der Waals surface area contributed by atoms with Gasteiger partial charge >= 0.3 is 5.97 Å². The van der Waals surface area contributed by atoms with E-state index in [2.05, 4.69) is 10.3 Å². The SMILES string of the molecule is CN(C)c1ccc(-n2nnc3cccc(C(=O)O)c32)cc1. The second-order valence-electron chi connectivity index (χ2n) is 4.89. The minimum Gasteiger partial charge on any atom is -0.478 e. The van der Waals surface area contributed by atoms with E-state index in [0.29, 0.717) is 11.0 Å². The van der Waals surface area contributed by atoms with Crippen LogP contribution < -0.4 is 4.90 Å². The van der Waals surface area contributed by atoms with E-state index in [1.807, 2.05) is 43.3 Å². The Kier molecular flexibility index (Phi) is 3.06. The first-order chi connectivity index (χ1) is 10.1. The van der Waals surface area contributed by atoms with Crippen molar-refractivity contribution < 1.29 is 9.90 Å². The Hall–Kier alpha value is -2.89. The number of hydrogen-bond acceptors (Lipinski definition) is 4. The Bertz CT molecular complexity index is 806. The van der Waals surface area contributed by atoms with Gasteiger partial charge in [-0.15, -0.1) is 5.10 Å². The fourth-order valence-electron chi connectivity index (χ4n) is 2.22. The lowest BCUT2D eigenvalue weighted by atomic mass is 10.1. The Labute approximate surface area is 121 Å². The van der Waals surface area contributed by atoms with Gasteiger partial charge in [-0.1, -0.05) is 11.3 Å². The van der Waals surface area contributed by atoms with Crippen LogP contribution in [0.1, 0.15) is 10.4 Å². The first-order valence-corrected chi connectivity index (χ1v) is 6.43. The molecule has 106 valence electrons. The number of aromatic nitrogens is 3. The molecule has 0 aliphatic carbocycles. The lowest BCUT2D eigenvalue weighted by molar-refractivity contribution is 0.0698. The summed E-state index contributed by atoms with van der Waals surface area (Å²) >= 11 is 0. The van der Waals surface area contributed by atoms with E-state index in [1.54, 1.807) is 22.9 Å². The van der Waals surface area contributed by atoms with E-state index in [9.17, 15) is 9.90 Å². The zero-order valence-corrected chi connectivity index (χ0v) is 11.7. The molecule has 3 aromatic rings. The van der Waals surface area contributed by atoms with Crippen LogP contribution in [-0.2, 0) is 0 Å². The van der Waals surface area contributed by atoms with Crippen molar-refractivity contribution in [3.63, 3.8) is 0 Å². The van der Waals surface area contributed by atoms with Gasteiger partial charge in [0.25, 0.3) is 0 Å². The average molecular weight is 282 g/mol. The second kappa shape index (κ2) is 4.90. The summed E-state index contributed by atoms with van der Waals surface area (Å²) in [5.41, 5.74) is 3.09. The molecule has 0 amide bonds. The quantitative estimate of drug-likeness (QED) is 0.797. The van der Waals surface area contributed by atoms with Crippen LogP contribution in [-0.4, -0.2) is 40.2 Å². The Morgan fingerprint density at radius 1 is 1.14 bits per heavy atom. The number of para-hydroxylation sites is 1. The molecular formula is C15H14N4O2. The van der Waals surface area contributed by atoms with Crippen molar-refractivity contribution in [2.75, 3.05) is 19.0 Å². The van der Waals surface area contributed by atoms with Gasteiger partial charge in [-0.2, -0.15) is 0 Å². The third kappa shape index (κ3) is 2.20. The van der Waals surface area contributed by atoms with Crippen LogP contribution in [0.15, 0.2) is 42.5 Å². The highest BCUT2D eigenvalue weighted by molar-refractivity contribution is 6.01. The predicted molar refractivity (Wildman–Crippen MR) is 80.2 cm³/mol. The van der Waals surface area contributed by atoms with Crippen molar-refractivity contribution >= 4 is 22.7 Å². The number of aromatic carboxylic acids is 1. The molecule has 1 N–H and O–H groups in total. The molecule has 6 nitrogen and oxygen atoms in total. The summed E-state index contributed by atoms with van der Waals surface area (Å²) in [5.74, 6) is -0.992. The molecule has 1 heterocycles. The van der Waals surface area contributed by atoms with Crippen molar-refractivity contribution in [3.05, 3.63) is 48.0 Å². The van der Waals surface area contributed by atoms with E-state index in [-0.39, 0.29) is 5.56 Å². The fraction of sp³-hybridized carbons (Fsp3) is 0.133. The highest BCUT2D eigenvalue weighted by Gasteiger charge is 2.15.